The molecule has 16 heavy (non-hydrogen) atoms. The average molecular weight is 218 g/mol. The van der Waals surface area contributed by atoms with Crippen LogP contribution in [0.5, 0.6) is 0 Å². The highest BCUT2D eigenvalue weighted by molar-refractivity contribution is 5.81. The lowest BCUT2D eigenvalue weighted by molar-refractivity contribution is -0.386. The van der Waals surface area contributed by atoms with Crippen molar-refractivity contribution in [1.29, 1.82) is 0 Å². The van der Waals surface area contributed by atoms with Crippen LogP contribution in [-0.2, 0) is 0 Å². The molecule has 1 aromatic carbocycles. The standard InChI is InChI=1S/C11H10N2O3/c1-6-3-8-9(4-7(6)2)12-5-10(11(8)14)13(15)16/h3-5H,1-2H3,(H,12,14). The topological polar surface area (TPSA) is 76.0 Å². The number of nitro groups is 1. The van der Waals surface area contributed by atoms with E-state index in [1.807, 2.05) is 19.9 Å². The Morgan fingerprint density at radius 2 is 1.88 bits per heavy atom. The van der Waals surface area contributed by atoms with Gasteiger partial charge in [-0.15, -0.1) is 0 Å². The van der Waals surface area contributed by atoms with Gasteiger partial charge in [0.15, 0.2) is 0 Å². The summed E-state index contributed by atoms with van der Waals surface area (Å²) in [4.78, 5) is 24.5. The van der Waals surface area contributed by atoms with Crippen LogP contribution in [-0.4, -0.2) is 9.91 Å². The number of aromatic amines is 1. The molecule has 0 saturated heterocycles. The van der Waals surface area contributed by atoms with Crippen LogP contribution in [0.15, 0.2) is 23.1 Å². The van der Waals surface area contributed by atoms with E-state index in [1.54, 1.807) is 6.07 Å². The fourth-order valence-corrected chi connectivity index (χ4v) is 1.61. The van der Waals surface area contributed by atoms with Crippen molar-refractivity contribution in [3.63, 3.8) is 0 Å². The average Bonchev–Trinajstić information content (AvgIpc) is 2.21. The van der Waals surface area contributed by atoms with Crippen LogP contribution in [0.2, 0.25) is 0 Å². The largest absolute Gasteiger partial charge is 0.355 e. The van der Waals surface area contributed by atoms with Gasteiger partial charge < -0.3 is 4.98 Å². The summed E-state index contributed by atoms with van der Waals surface area (Å²) in [5, 5.41) is 11.0. The van der Waals surface area contributed by atoms with Gasteiger partial charge in [0.25, 0.3) is 5.43 Å². The maximum atomic E-state index is 11.8. The van der Waals surface area contributed by atoms with Gasteiger partial charge in [0.2, 0.25) is 0 Å². The maximum Gasteiger partial charge on any atom is 0.332 e. The Balaban J connectivity index is 2.90. The molecule has 1 heterocycles. The molecule has 0 saturated carbocycles. The zero-order valence-corrected chi connectivity index (χ0v) is 8.90. The van der Waals surface area contributed by atoms with E-state index in [1.165, 1.54) is 0 Å². The highest BCUT2D eigenvalue weighted by atomic mass is 16.6. The minimum absolute atomic E-state index is 0.359. The van der Waals surface area contributed by atoms with Crippen molar-refractivity contribution < 1.29 is 4.92 Å². The summed E-state index contributed by atoms with van der Waals surface area (Å²) in [5.74, 6) is 0. The van der Waals surface area contributed by atoms with Crippen molar-refractivity contribution >= 4 is 16.6 Å². The molecule has 0 aliphatic carbocycles. The Bertz CT molecular complexity index is 643. The number of hydrogen-bond acceptors (Lipinski definition) is 3. The number of aromatic nitrogens is 1. The highest BCUT2D eigenvalue weighted by Crippen LogP contribution is 2.16. The summed E-state index contributed by atoms with van der Waals surface area (Å²) in [6.45, 7) is 3.79. The molecule has 2 rings (SSSR count). The second kappa shape index (κ2) is 3.44. The molecule has 0 bridgehead atoms. The number of rotatable bonds is 1. The van der Waals surface area contributed by atoms with E-state index in [0.29, 0.717) is 10.9 Å². The molecule has 5 nitrogen and oxygen atoms in total. The molecule has 0 aliphatic heterocycles. The summed E-state index contributed by atoms with van der Waals surface area (Å²) in [5.41, 5.74) is 1.65. The second-order valence-corrected chi connectivity index (χ2v) is 3.74. The molecule has 2 aromatic rings. The Hall–Kier alpha value is -2.17. The van der Waals surface area contributed by atoms with Crippen LogP contribution in [0.25, 0.3) is 10.9 Å². The zero-order valence-electron chi connectivity index (χ0n) is 8.90. The first-order chi connectivity index (χ1) is 7.50. The van der Waals surface area contributed by atoms with Crippen LogP contribution < -0.4 is 5.43 Å². The van der Waals surface area contributed by atoms with Crippen molar-refractivity contribution in [2.24, 2.45) is 0 Å². The highest BCUT2D eigenvalue weighted by Gasteiger charge is 2.14. The lowest BCUT2D eigenvalue weighted by Crippen LogP contribution is -2.09. The minimum atomic E-state index is -0.673. The van der Waals surface area contributed by atoms with Gasteiger partial charge in [-0.2, -0.15) is 0 Å². The summed E-state index contributed by atoms with van der Waals surface area (Å²) in [6.07, 6.45) is 1.14. The lowest BCUT2D eigenvalue weighted by atomic mass is 10.1. The van der Waals surface area contributed by atoms with Crippen molar-refractivity contribution in [3.05, 3.63) is 49.8 Å². The smallest absolute Gasteiger partial charge is 0.332 e. The second-order valence-electron chi connectivity index (χ2n) is 3.74. The van der Waals surface area contributed by atoms with Gasteiger partial charge >= 0.3 is 5.69 Å². The van der Waals surface area contributed by atoms with Crippen molar-refractivity contribution in [3.8, 4) is 0 Å². The molecule has 0 atom stereocenters. The van der Waals surface area contributed by atoms with Gasteiger partial charge in [0.1, 0.15) is 0 Å². The number of hydrogen-bond donors (Lipinski definition) is 1. The number of aryl methyl sites for hydroxylation is 2. The lowest BCUT2D eigenvalue weighted by Gasteiger charge is -2.02. The summed E-state index contributed by atoms with van der Waals surface area (Å²) >= 11 is 0. The van der Waals surface area contributed by atoms with E-state index < -0.39 is 16.0 Å². The van der Waals surface area contributed by atoms with Gasteiger partial charge in [-0.25, -0.2) is 0 Å². The van der Waals surface area contributed by atoms with Gasteiger partial charge in [-0.1, -0.05) is 0 Å². The van der Waals surface area contributed by atoms with Crippen LogP contribution in [0.3, 0.4) is 0 Å². The van der Waals surface area contributed by atoms with Crippen molar-refractivity contribution in [2.45, 2.75) is 13.8 Å². The molecule has 82 valence electrons. The maximum absolute atomic E-state index is 11.8. The Morgan fingerprint density at radius 1 is 1.25 bits per heavy atom. The van der Waals surface area contributed by atoms with Crippen LogP contribution in [0, 0.1) is 24.0 Å². The number of benzene rings is 1. The van der Waals surface area contributed by atoms with Crippen LogP contribution in [0.4, 0.5) is 5.69 Å². The first kappa shape index (κ1) is 10.4. The van der Waals surface area contributed by atoms with Crippen LogP contribution >= 0.6 is 0 Å². The van der Waals surface area contributed by atoms with E-state index in [-0.39, 0.29) is 0 Å². The molecule has 0 amide bonds. The van der Waals surface area contributed by atoms with Crippen molar-refractivity contribution in [1.82, 2.24) is 4.98 Å². The van der Waals surface area contributed by atoms with Crippen LogP contribution in [0.1, 0.15) is 11.1 Å². The monoisotopic (exact) mass is 218 g/mol. The minimum Gasteiger partial charge on any atom is -0.355 e. The normalized spacial score (nSPS) is 10.6. The molecule has 0 fully saturated rings. The van der Waals surface area contributed by atoms with E-state index in [2.05, 4.69) is 4.98 Å². The molecule has 1 aromatic heterocycles. The first-order valence-electron chi connectivity index (χ1n) is 4.77. The summed E-state index contributed by atoms with van der Waals surface area (Å²) < 4.78 is 0. The summed E-state index contributed by atoms with van der Waals surface area (Å²) in [7, 11) is 0. The third-order valence-corrected chi connectivity index (χ3v) is 2.67. The molecule has 0 radical (unpaired) electrons. The third kappa shape index (κ3) is 1.46. The Morgan fingerprint density at radius 3 is 2.50 bits per heavy atom. The summed E-state index contributed by atoms with van der Waals surface area (Å²) in [6, 6.07) is 3.49. The molecule has 1 N–H and O–H groups in total. The fraction of sp³-hybridized carbons (Fsp3) is 0.182. The Labute approximate surface area is 90.9 Å². The number of nitrogens with zero attached hydrogens (tertiary/aromatic N) is 1. The molecule has 5 heteroatoms. The number of H-pyrrole nitrogens is 1. The van der Waals surface area contributed by atoms with Gasteiger partial charge in [0, 0.05) is 5.52 Å². The predicted octanol–water partition coefficient (Wildman–Crippen LogP) is 2.05. The van der Waals surface area contributed by atoms with Gasteiger partial charge in [-0.05, 0) is 37.1 Å². The molecule has 0 spiro atoms. The van der Waals surface area contributed by atoms with E-state index in [9.17, 15) is 14.9 Å². The molecule has 0 aliphatic rings. The SMILES string of the molecule is Cc1cc2[nH]cc([N+](=O)[O-])c(=O)c2cc1C. The first-order valence-corrected chi connectivity index (χ1v) is 4.77. The van der Waals surface area contributed by atoms with Gasteiger partial charge in [0.05, 0.1) is 16.5 Å². The number of nitrogens with one attached hydrogen (secondary N) is 1. The quantitative estimate of drug-likeness (QED) is 0.587. The zero-order chi connectivity index (χ0) is 11.9. The predicted molar refractivity (Wildman–Crippen MR) is 60.7 cm³/mol. The van der Waals surface area contributed by atoms with E-state index >= 15 is 0 Å². The molecular weight excluding hydrogens is 208 g/mol. The van der Waals surface area contributed by atoms with Gasteiger partial charge in [-0.3, -0.25) is 14.9 Å². The number of pyridine rings is 1. The fourth-order valence-electron chi connectivity index (χ4n) is 1.61. The van der Waals surface area contributed by atoms with Crippen molar-refractivity contribution in [2.75, 3.05) is 0 Å². The molecule has 0 unspecified atom stereocenters. The third-order valence-electron chi connectivity index (χ3n) is 2.67. The van der Waals surface area contributed by atoms with E-state index in [4.69, 9.17) is 0 Å². The van der Waals surface area contributed by atoms with E-state index in [0.717, 1.165) is 17.3 Å². The molecular formula is C11H10N2O3. The number of fused-ring (bicyclic) bond motifs is 1. The Kier molecular flexibility index (Phi) is 2.23.